The van der Waals surface area contributed by atoms with Crippen LogP contribution in [0, 0.1) is 0 Å². The first-order valence-corrected chi connectivity index (χ1v) is 7.32. The summed E-state index contributed by atoms with van der Waals surface area (Å²) < 4.78 is 47.7. The lowest BCUT2D eigenvalue weighted by Crippen LogP contribution is -2.21. The molecule has 1 unspecified atom stereocenters. The van der Waals surface area contributed by atoms with E-state index in [1.807, 2.05) is 0 Å². The molecular weight excluding hydrogens is 363 g/mol. The molecule has 3 rings (SSSR count). The number of aromatic nitrogens is 4. The number of anilines is 1. The number of H-pyrrole nitrogens is 1. The lowest BCUT2D eigenvalue weighted by Gasteiger charge is -2.09. The highest BCUT2D eigenvalue weighted by Gasteiger charge is 2.38. The van der Waals surface area contributed by atoms with Crippen LogP contribution in [-0.2, 0) is 9.53 Å². The largest absolute Gasteiger partial charge is 0.490 e. The molecule has 0 aromatic carbocycles. The van der Waals surface area contributed by atoms with Gasteiger partial charge in [-0.1, -0.05) is 0 Å². The molecule has 2 aromatic heterocycles. The van der Waals surface area contributed by atoms with Gasteiger partial charge in [-0.15, -0.1) is 0 Å². The van der Waals surface area contributed by atoms with Crippen LogP contribution in [0.2, 0.25) is 0 Å². The maximum absolute atomic E-state index is 10.6. The van der Waals surface area contributed by atoms with Crippen molar-refractivity contribution in [1.82, 2.24) is 19.9 Å². The summed E-state index contributed by atoms with van der Waals surface area (Å²) in [5, 5.41) is 7.12. The maximum Gasteiger partial charge on any atom is 0.490 e. The van der Waals surface area contributed by atoms with Gasteiger partial charge in [-0.05, 0) is 12.8 Å². The third-order valence-corrected chi connectivity index (χ3v) is 3.19. The number of nitrogens with one attached hydrogen (secondary N) is 1. The minimum atomic E-state index is -5.08. The Labute approximate surface area is 144 Å². The van der Waals surface area contributed by atoms with E-state index in [9.17, 15) is 13.2 Å². The van der Waals surface area contributed by atoms with Gasteiger partial charge in [0, 0.05) is 6.61 Å². The van der Waals surface area contributed by atoms with Gasteiger partial charge >= 0.3 is 18.2 Å². The molecule has 0 aliphatic carbocycles. The van der Waals surface area contributed by atoms with Crippen molar-refractivity contribution in [2.24, 2.45) is 0 Å². The van der Waals surface area contributed by atoms with Crippen molar-refractivity contribution in [2.45, 2.75) is 25.1 Å². The zero-order chi connectivity index (χ0) is 19.3. The second-order valence-corrected chi connectivity index (χ2v) is 5.09. The fraction of sp³-hybridized carbons (Fsp3) is 0.538. The number of imidazole rings is 1. The summed E-state index contributed by atoms with van der Waals surface area (Å²) in [5.74, 6) is -2.48. The minimum absolute atomic E-state index is 0.106. The maximum atomic E-state index is 10.6. The first-order valence-electron chi connectivity index (χ1n) is 7.32. The van der Waals surface area contributed by atoms with Gasteiger partial charge in [0.05, 0.1) is 13.2 Å². The highest BCUT2D eigenvalue weighted by molar-refractivity contribution is 5.82. The smallest absolute Gasteiger partial charge is 0.475 e. The number of nitrogens with zero attached hydrogens (tertiary/aromatic N) is 3. The molecule has 10 nitrogen and oxygen atoms in total. The lowest BCUT2D eigenvalue weighted by molar-refractivity contribution is -0.192. The van der Waals surface area contributed by atoms with E-state index in [-0.39, 0.29) is 17.9 Å². The molecule has 0 saturated carbocycles. The molecule has 3 heterocycles. The highest BCUT2D eigenvalue weighted by atomic mass is 19.4. The second-order valence-electron chi connectivity index (χ2n) is 5.09. The summed E-state index contributed by atoms with van der Waals surface area (Å²) in [7, 11) is 1.51. The van der Waals surface area contributed by atoms with Gasteiger partial charge in [0.2, 0.25) is 0 Å². The zero-order valence-corrected chi connectivity index (χ0v) is 13.5. The molecule has 1 aliphatic heterocycles. The summed E-state index contributed by atoms with van der Waals surface area (Å²) in [5.41, 5.74) is 6.79. The number of hydrogen-bond donors (Lipinski definition) is 3. The van der Waals surface area contributed by atoms with Crippen molar-refractivity contribution >= 4 is 23.0 Å². The van der Waals surface area contributed by atoms with Gasteiger partial charge < -0.3 is 30.0 Å². The van der Waals surface area contributed by atoms with Gasteiger partial charge in [0.15, 0.2) is 11.5 Å². The number of rotatable bonds is 4. The summed E-state index contributed by atoms with van der Waals surface area (Å²) >= 11 is 0. The second kappa shape index (κ2) is 8.03. The molecule has 0 amide bonds. The summed E-state index contributed by atoms with van der Waals surface area (Å²) in [6.45, 7) is 1.21. The van der Waals surface area contributed by atoms with Gasteiger partial charge in [-0.2, -0.15) is 28.1 Å². The molecule has 144 valence electrons. The molecule has 1 saturated heterocycles. The predicted octanol–water partition coefficient (Wildman–Crippen LogP) is 1.13. The van der Waals surface area contributed by atoms with Crippen molar-refractivity contribution in [1.29, 1.82) is 0 Å². The van der Waals surface area contributed by atoms with Crippen molar-refractivity contribution in [3.05, 3.63) is 0 Å². The van der Waals surface area contributed by atoms with Crippen LogP contribution in [0.15, 0.2) is 0 Å². The molecule has 13 heteroatoms. The molecule has 1 fully saturated rings. The standard InChI is InChI=1S/C11H15N5O3.C2HF3O2/c1-17-10-13-7-8(12)14-11(16-9(7)15-10)19-5-6-3-2-4-18-6;3-2(4,5)1(6)7/h6H,2-5H2,1H3,(H3,12,13,14,15,16);(H,6,7). The Hall–Kier alpha value is -2.83. The SMILES string of the molecule is COc1nc2nc(OCC3CCCO3)nc(N)c2[nH]1.O=C(O)C(F)(F)F. The minimum Gasteiger partial charge on any atom is -0.475 e. The Bertz CT molecular complexity index is 760. The third kappa shape index (κ3) is 5.08. The Kier molecular flexibility index (Phi) is 6.02. The Morgan fingerprint density at radius 2 is 2.12 bits per heavy atom. The summed E-state index contributed by atoms with van der Waals surface area (Å²) in [4.78, 5) is 24.1. The van der Waals surface area contributed by atoms with Crippen molar-refractivity contribution in [2.75, 3.05) is 26.1 Å². The fourth-order valence-electron chi connectivity index (χ4n) is 1.98. The number of nitrogens with two attached hydrogens (primary N) is 1. The third-order valence-electron chi connectivity index (χ3n) is 3.19. The fourth-order valence-corrected chi connectivity index (χ4v) is 1.98. The average Bonchev–Trinajstić information content (AvgIpc) is 3.22. The first-order chi connectivity index (χ1) is 12.2. The number of hydrogen-bond acceptors (Lipinski definition) is 8. The van der Waals surface area contributed by atoms with E-state index >= 15 is 0 Å². The number of fused-ring (bicyclic) bond motifs is 1. The summed E-state index contributed by atoms with van der Waals surface area (Å²) in [6, 6.07) is 0.543. The van der Waals surface area contributed by atoms with Gasteiger partial charge in [0.1, 0.15) is 12.1 Å². The van der Waals surface area contributed by atoms with Crippen LogP contribution in [0.5, 0.6) is 12.0 Å². The number of aliphatic carboxylic acids is 1. The van der Waals surface area contributed by atoms with Crippen LogP contribution >= 0.6 is 0 Å². The number of nitrogen functional groups attached to an aromatic ring is 1. The van der Waals surface area contributed by atoms with Crippen molar-refractivity contribution in [3.8, 4) is 12.0 Å². The van der Waals surface area contributed by atoms with E-state index in [1.54, 1.807) is 0 Å². The number of ether oxygens (including phenoxy) is 3. The molecule has 2 aromatic rings. The van der Waals surface area contributed by atoms with Crippen LogP contribution in [0.3, 0.4) is 0 Å². The predicted molar refractivity (Wildman–Crippen MR) is 80.8 cm³/mol. The van der Waals surface area contributed by atoms with Crippen molar-refractivity contribution < 1.29 is 37.3 Å². The van der Waals surface area contributed by atoms with Crippen LogP contribution in [0.4, 0.5) is 19.0 Å². The Morgan fingerprint density at radius 1 is 1.42 bits per heavy atom. The zero-order valence-electron chi connectivity index (χ0n) is 13.5. The van der Waals surface area contributed by atoms with Crippen LogP contribution in [-0.4, -0.2) is 63.6 Å². The topological polar surface area (TPSA) is 145 Å². The van der Waals surface area contributed by atoms with E-state index in [0.29, 0.717) is 23.8 Å². The average molecular weight is 379 g/mol. The molecule has 26 heavy (non-hydrogen) atoms. The number of halogens is 3. The van der Waals surface area contributed by atoms with E-state index in [2.05, 4.69) is 19.9 Å². The highest BCUT2D eigenvalue weighted by Crippen LogP contribution is 2.21. The number of alkyl halides is 3. The van der Waals surface area contributed by atoms with E-state index < -0.39 is 12.1 Å². The van der Waals surface area contributed by atoms with Gasteiger partial charge in [-0.3, -0.25) is 0 Å². The van der Waals surface area contributed by atoms with Gasteiger partial charge in [-0.25, -0.2) is 4.79 Å². The Morgan fingerprint density at radius 3 is 2.65 bits per heavy atom. The van der Waals surface area contributed by atoms with E-state index in [1.165, 1.54) is 7.11 Å². The van der Waals surface area contributed by atoms with Crippen LogP contribution < -0.4 is 15.2 Å². The number of carboxylic acids is 1. The molecular formula is C13H16F3N5O5. The number of methoxy groups -OCH3 is 1. The molecule has 4 N–H and O–H groups in total. The van der Waals surface area contributed by atoms with Crippen LogP contribution in [0.1, 0.15) is 12.8 Å². The number of aromatic amines is 1. The monoisotopic (exact) mass is 379 g/mol. The lowest BCUT2D eigenvalue weighted by atomic mass is 10.2. The molecule has 1 atom stereocenters. The van der Waals surface area contributed by atoms with E-state index in [4.69, 9.17) is 29.8 Å². The van der Waals surface area contributed by atoms with E-state index in [0.717, 1.165) is 19.4 Å². The molecule has 1 aliphatic rings. The quantitative estimate of drug-likeness (QED) is 0.711. The number of carboxylic acid groups (broad SMARTS) is 1. The van der Waals surface area contributed by atoms with Crippen LogP contribution in [0.25, 0.3) is 11.2 Å². The molecule has 0 bridgehead atoms. The first kappa shape index (κ1) is 19.5. The van der Waals surface area contributed by atoms with Crippen molar-refractivity contribution in [3.63, 3.8) is 0 Å². The number of carbonyl (C=O) groups is 1. The molecule has 0 radical (unpaired) electrons. The molecule has 0 spiro atoms. The van der Waals surface area contributed by atoms with Gasteiger partial charge in [0.25, 0.3) is 6.01 Å². The Balaban J connectivity index is 0.000000298. The summed E-state index contributed by atoms with van der Waals surface area (Å²) in [6.07, 6.45) is -2.92. The normalized spacial score (nSPS) is 16.8.